The number of nitrogens with zero attached hydrogens (tertiary/aromatic N) is 2. The van der Waals surface area contributed by atoms with Crippen molar-refractivity contribution in [2.24, 2.45) is 0 Å². The molecule has 0 bridgehead atoms. The molecule has 1 aromatic rings. The van der Waals surface area contributed by atoms with Gasteiger partial charge in [0.15, 0.2) is 0 Å². The van der Waals surface area contributed by atoms with Crippen LogP contribution in [0.25, 0.3) is 0 Å². The zero-order chi connectivity index (χ0) is 13.5. The maximum Gasteiger partial charge on any atom is 0.283 e. The molecule has 5 nitrogen and oxygen atoms in total. The number of halogens is 1. The van der Waals surface area contributed by atoms with Crippen molar-refractivity contribution >= 4 is 21.6 Å². The Bertz CT molecular complexity index is 434. The van der Waals surface area contributed by atoms with Crippen LogP contribution in [0.15, 0.2) is 15.5 Å². The summed E-state index contributed by atoms with van der Waals surface area (Å²) in [6.45, 7) is 5.17. The average molecular weight is 318 g/mol. The second-order valence-corrected chi connectivity index (χ2v) is 4.97. The number of aliphatic hydroxyl groups excluding tert-OH is 1. The average Bonchev–Trinajstić information content (AvgIpc) is 2.37. The Morgan fingerprint density at radius 2 is 2.28 bits per heavy atom. The lowest BCUT2D eigenvalue weighted by molar-refractivity contribution is 0.164. The molecule has 0 saturated carbocycles. The minimum atomic E-state index is -0.301. The molecule has 0 radical (unpaired) electrons. The number of nitrogens with one attached hydrogen (secondary N) is 1. The van der Waals surface area contributed by atoms with Gasteiger partial charge in [-0.3, -0.25) is 4.79 Å². The summed E-state index contributed by atoms with van der Waals surface area (Å²) in [5.41, 5.74) is 0.550. The van der Waals surface area contributed by atoms with Crippen molar-refractivity contribution < 1.29 is 5.11 Å². The SMILES string of the molecule is CCCn1ncc(NCCC(O)CC)c(Br)c1=O. The Kier molecular flexibility index (Phi) is 6.35. The van der Waals surface area contributed by atoms with Crippen LogP contribution in [0.4, 0.5) is 5.69 Å². The van der Waals surface area contributed by atoms with E-state index in [1.807, 2.05) is 13.8 Å². The lowest BCUT2D eigenvalue weighted by Gasteiger charge is -2.11. The van der Waals surface area contributed by atoms with Gasteiger partial charge in [-0.15, -0.1) is 0 Å². The molecule has 102 valence electrons. The van der Waals surface area contributed by atoms with E-state index in [4.69, 9.17) is 0 Å². The van der Waals surface area contributed by atoms with Crippen LogP contribution in [-0.4, -0.2) is 27.5 Å². The molecule has 0 aromatic carbocycles. The highest BCUT2D eigenvalue weighted by Gasteiger charge is 2.08. The number of hydrogen-bond acceptors (Lipinski definition) is 4. The molecule has 6 heteroatoms. The maximum absolute atomic E-state index is 11.9. The van der Waals surface area contributed by atoms with E-state index in [0.29, 0.717) is 29.7 Å². The van der Waals surface area contributed by atoms with E-state index < -0.39 is 0 Å². The fourth-order valence-electron chi connectivity index (χ4n) is 1.54. The van der Waals surface area contributed by atoms with Gasteiger partial charge in [-0.05, 0) is 35.2 Å². The lowest BCUT2D eigenvalue weighted by Crippen LogP contribution is -2.24. The first-order valence-electron chi connectivity index (χ1n) is 6.27. The summed E-state index contributed by atoms with van der Waals surface area (Å²) in [5.74, 6) is 0. The van der Waals surface area contributed by atoms with Gasteiger partial charge in [0.25, 0.3) is 5.56 Å². The molecule has 2 N–H and O–H groups in total. The molecule has 0 fully saturated rings. The van der Waals surface area contributed by atoms with Crippen molar-refractivity contribution in [1.29, 1.82) is 0 Å². The first-order valence-corrected chi connectivity index (χ1v) is 7.07. The summed E-state index contributed by atoms with van der Waals surface area (Å²) in [6.07, 6.45) is 3.60. The molecule has 1 rings (SSSR count). The van der Waals surface area contributed by atoms with Gasteiger partial charge >= 0.3 is 0 Å². The second kappa shape index (κ2) is 7.53. The molecule has 1 aromatic heterocycles. The summed E-state index contributed by atoms with van der Waals surface area (Å²) in [5, 5.41) is 16.6. The number of aryl methyl sites for hydroxylation is 1. The molecular weight excluding hydrogens is 298 g/mol. The quantitative estimate of drug-likeness (QED) is 0.807. The van der Waals surface area contributed by atoms with E-state index >= 15 is 0 Å². The van der Waals surface area contributed by atoms with E-state index in [-0.39, 0.29) is 11.7 Å². The van der Waals surface area contributed by atoms with Gasteiger partial charge in [0.05, 0.1) is 18.0 Å². The summed E-state index contributed by atoms with van der Waals surface area (Å²) in [7, 11) is 0. The molecule has 0 aliphatic rings. The zero-order valence-corrected chi connectivity index (χ0v) is 12.4. The van der Waals surface area contributed by atoms with E-state index in [1.54, 1.807) is 6.20 Å². The number of anilines is 1. The topological polar surface area (TPSA) is 67.2 Å². The monoisotopic (exact) mass is 317 g/mol. The fraction of sp³-hybridized carbons (Fsp3) is 0.667. The van der Waals surface area contributed by atoms with Crippen molar-refractivity contribution in [1.82, 2.24) is 9.78 Å². The second-order valence-electron chi connectivity index (χ2n) is 4.18. The Labute approximate surface area is 115 Å². The van der Waals surface area contributed by atoms with Crippen LogP contribution in [0.3, 0.4) is 0 Å². The minimum Gasteiger partial charge on any atom is -0.393 e. The number of aromatic nitrogens is 2. The predicted octanol–water partition coefficient (Wildman–Crippen LogP) is 1.99. The van der Waals surface area contributed by atoms with Crippen LogP contribution in [-0.2, 0) is 6.54 Å². The molecule has 0 saturated heterocycles. The molecular formula is C12H20BrN3O2. The van der Waals surface area contributed by atoms with Gasteiger partial charge in [0.2, 0.25) is 0 Å². The normalized spacial score (nSPS) is 12.4. The summed E-state index contributed by atoms with van der Waals surface area (Å²) >= 11 is 3.29. The van der Waals surface area contributed by atoms with E-state index in [0.717, 1.165) is 12.8 Å². The third-order valence-corrected chi connectivity index (χ3v) is 3.45. The molecule has 0 spiro atoms. The third kappa shape index (κ3) is 4.10. The maximum atomic E-state index is 11.9. The number of aliphatic hydroxyl groups is 1. The van der Waals surface area contributed by atoms with Crippen molar-refractivity contribution in [3.63, 3.8) is 0 Å². The molecule has 0 aliphatic heterocycles. The highest BCUT2D eigenvalue weighted by molar-refractivity contribution is 9.10. The lowest BCUT2D eigenvalue weighted by atomic mass is 10.2. The fourth-order valence-corrected chi connectivity index (χ4v) is 1.98. The van der Waals surface area contributed by atoms with Crippen LogP contribution >= 0.6 is 15.9 Å². The number of hydrogen-bond donors (Lipinski definition) is 2. The molecule has 1 unspecified atom stereocenters. The summed E-state index contributed by atoms with van der Waals surface area (Å²) in [4.78, 5) is 11.9. The van der Waals surface area contributed by atoms with Crippen LogP contribution in [0.5, 0.6) is 0 Å². The van der Waals surface area contributed by atoms with E-state index in [9.17, 15) is 9.90 Å². The summed E-state index contributed by atoms with van der Waals surface area (Å²) in [6, 6.07) is 0. The van der Waals surface area contributed by atoms with Gasteiger partial charge in [-0.2, -0.15) is 5.10 Å². The van der Waals surface area contributed by atoms with Gasteiger partial charge < -0.3 is 10.4 Å². The third-order valence-electron chi connectivity index (χ3n) is 2.68. The van der Waals surface area contributed by atoms with Gasteiger partial charge in [-0.1, -0.05) is 13.8 Å². The highest BCUT2D eigenvalue weighted by atomic mass is 79.9. The molecule has 18 heavy (non-hydrogen) atoms. The van der Waals surface area contributed by atoms with Gasteiger partial charge in [-0.25, -0.2) is 4.68 Å². The first kappa shape index (κ1) is 15.2. The highest BCUT2D eigenvalue weighted by Crippen LogP contribution is 2.16. The predicted molar refractivity (Wildman–Crippen MR) is 75.9 cm³/mol. The van der Waals surface area contributed by atoms with Crippen molar-refractivity contribution in [3.8, 4) is 0 Å². The van der Waals surface area contributed by atoms with Gasteiger partial charge in [0.1, 0.15) is 4.47 Å². The van der Waals surface area contributed by atoms with Crippen LogP contribution in [0.2, 0.25) is 0 Å². The van der Waals surface area contributed by atoms with E-state index in [2.05, 4.69) is 26.3 Å². The van der Waals surface area contributed by atoms with Crippen LogP contribution in [0.1, 0.15) is 33.1 Å². The molecule has 1 heterocycles. The Hall–Kier alpha value is -0.880. The van der Waals surface area contributed by atoms with Crippen LogP contribution < -0.4 is 10.9 Å². The number of rotatable bonds is 7. The first-order chi connectivity index (χ1) is 8.60. The van der Waals surface area contributed by atoms with Crippen LogP contribution in [0, 0.1) is 0 Å². The smallest absolute Gasteiger partial charge is 0.283 e. The zero-order valence-electron chi connectivity index (χ0n) is 10.8. The largest absolute Gasteiger partial charge is 0.393 e. The standard InChI is InChI=1S/C12H20BrN3O2/c1-3-7-16-12(18)11(13)10(8-15-16)14-6-5-9(17)4-2/h8-9,14,17H,3-7H2,1-2H3. The van der Waals surface area contributed by atoms with E-state index in [1.165, 1.54) is 4.68 Å². The summed E-state index contributed by atoms with van der Waals surface area (Å²) < 4.78 is 1.94. The molecule has 0 aliphatic carbocycles. The van der Waals surface area contributed by atoms with Crippen molar-refractivity contribution in [2.45, 2.75) is 45.8 Å². The Morgan fingerprint density at radius 3 is 2.89 bits per heavy atom. The Morgan fingerprint density at radius 1 is 1.56 bits per heavy atom. The minimum absolute atomic E-state index is 0.127. The van der Waals surface area contributed by atoms with Crippen molar-refractivity contribution in [2.75, 3.05) is 11.9 Å². The van der Waals surface area contributed by atoms with Crippen molar-refractivity contribution in [3.05, 3.63) is 21.0 Å². The van der Waals surface area contributed by atoms with Gasteiger partial charge in [0, 0.05) is 13.1 Å². The Balaban J connectivity index is 2.68. The molecule has 1 atom stereocenters. The molecule has 0 amide bonds.